The van der Waals surface area contributed by atoms with Crippen molar-refractivity contribution in [3.8, 4) is 5.69 Å². The van der Waals surface area contributed by atoms with Crippen LogP contribution in [0.5, 0.6) is 0 Å². The predicted molar refractivity (Wildman–Crippen MR) is 77.5 cm³/mol. The number of hydrogen-bond donors (Lipinski definition) is 1. The number of carbonyl (C=O) groups excluding carboxylic acids is 1. The van der Waals surface area contributed by atoms with Gasteiger partial charge < -0.3 is 10.5 Å². The number of carbonyl (C=O) groups is 1. The van der Waals surface area contributed by atoms with Crippen LogP contribution < -0.4 is 5.73 Å². The van der Waals surface area contributed by atoms with Crippen LogP contribution in [0.2, 0.25) is 0 Å². The Morgan fingerprint density at radius 1 is 1.40 bits per heavy atom. The van der Waals surface area contributed by atoms with Crippen LogP contribution in [0, 0.1) is 5.41 Å². The minimum absolute atomic E-state index is 0.216. The van der Waals surface area contributed by atoms with Gasteiger partial charge in [-0.25, -0.2) is 4.68 Å². The third-order valence-electron chi connectivity index (χ3n) is 3.17. The molecule has 0 spiro atoms. The Morgan fingerprint density at radius 3 is 2.75 bits per heavy atom. The van der Waals surface area contributed by atoms with E-state index in [2.05, 4.69) is 5.10 Å². The third kappa shape index (κ3) is 2.99. The molecule has 0 unspecified atom stereocenters. The number of anilines is 1. The number of methoxy groups -OCH3 is 1. The van der Waals surface area contributed by atoms with Crippen LogP contribution in [0.15, 0.2) is 36.5 Å². The number of ether oxygens (including phenoxy) is 1. The van der Waals surface area contributed by atoms with Crippen LogP contribution >= 0.6 is 0 Å². The molecule has 5 nitrogen and oxygen atoms in total. The summed E-state index contributed by atoms with van der Waals surface area (Å²) >= 11 is 0. The van der Waals surface area contributed by atoms with E-state index in [0.717, 1.165) is 11.3 Å². The van der Waals surface area contributed by atoms with Crippen molar-refractivity contribution in [2.75, 3.05) is 12.8 Å². The van der Waals surface area contributed by atoms with Gasteiger partial charge in [0.2, 0.25) is 0 Å². The number of hydrogen-bond acceptors (Lipinski definition) is 4. The van der Waals surface area contributed by atoms with Crippen molar-refractivity contribution < 1.29 is 9.53 Å². The van der Waals surface area contributed by atoms with E-state index in [-0.39, 0.29) is 5.97 Å². The zero-order valence-corrected chi connectivity index (χ0v) is 12.0. The molecule has 0 fully saturated rings. The summed E-state index contributed by atoms with van der Waals surface area (Å²) in [5.74, 6) is 0.261. The van der Waals surface area contributed by atoms with Gasteiger partial charge in [-0.05, 0) is 38.0 Å². The lowest BCUT2D eigenvalue weighted by Crippen LogP contribution is -2.28. The Bertz CT molecular complexity index is 617. The second kappa shape index (κ2) is 5.36. The molecule has 0 saturated heterocycles. The molecular formula is C15H19N3O2. The second-order valence-corrected chi connectivity index (χ2v) is 5.41. The average Bonchev–Trinajstić information content (AvgIpc) is 2.84. The van der Waals surface area contributed by atoms with Gasteiger partial charge in [0, 0.05) is 12.3 Å². The maximum absolute atomic E-state index is 11.7. The van der Waals surface area contributed by atoms with E-state index in [4.69, 9.17) is 10.5 Å². The van der Waals surface area contributed by atoms with Crippen LogP contribution in [0.1, 0.15) is 19.4 Å². The maximum atomic E-state index is 11.7. The van der Waals surface area contributed by atoms with Gasteiger partial charge in [0.25, 0.3) is 0 Å². The average molecular weight is 273 g/mol. The van der Waals surface area contributed by atoms with Crippen LogP contribution in [0.3, 0.4) is 0 Å². The summed E-state index contributed by atoms with van der Waals surface area (Å²) in [6.45, 7) is 3.74. The molecule has 20 heavy (non-hydrogen) atoms. The van der Waals surface area contributed by atoms with Crippen molar-refractivity contribution in [2.45, 2.75) is 20.3 Å². The number of nitrogens with zero attached hydrogens (tertiary/aromatic N) is 2. The molecule has 0 saturated carbocycles. The van der Waals surface area contributed by atoms with E-state index in [0.29, 0.717) is 12.2 Å². The Morgan fingerprint density at radius 2 is 2.15 bits per heavy atom. The highest BCUT2D eigenvalue weighted by molar-refractivity contribution is 5.76. The van der Waals surface area contributed by atoms with E-state index in [9.17, 15) is 4.79 Å². The van der Waals surface area contributed by atoms with Crippen LogP contribution in [0.4, 0.5) is 5.82 Å². The van der Waals surface area contributed by atoms with Crippen molar-refractivity contribution in [3.63, 3.8) is 0 Å². The fourth-order valence-corrected chi connectivity index (χ4v) is 2.15. The maximum Gasteiger partial charge on any atom is 0.311 e. The monoisotopic (exact) mass is 273 g/mol. The fourth-order valence-electron chi connectivity index (χ4n) is 2.15. The van der Waals surface area contributed by atoms with Crippen LogP contribution in [-0.2, 0) is 16.0 Å². The van der Waals surface area contributed by atoms with E-state index in [1.807, 2.05) is 38.1 Å². The molecule has 2 N–H and O–H groups in total. The first kappa shape index (κ1) is 14.1. The molecule has 2 aromatic rings. The summed E-state index contributed by atoms with van der Waals surface area (Å²) in [5, 5.41) is 4.17. The van der Waals surface area contributed by atoms with Crippen molar-refractivity contribution in [2.24, 2.45) is 5.41 Å². The number of esters is 1. The van der Waals surface area contributed by atoms with Gasteiger partial charge in [-0.1, -0.05) is 12.1 Å². The predicted octanol–water partition coefficient (Wildman–Crippen LogP) is 2.20. The Labute approximate surface area is 118 Å². The van der Waals surface area contributed by atoms with Crippen LogP contribution in [-0.4, -0.2) is 22.9 Å². The summed E-state index contributed by atoms with van der Waals surface area (Å²) in [6, 6.07) is 9.61. The number of nitrogens with two attached hydrogens (primary N) is 1. The van der Waals surface area contributed by atoms with Crippen molar-refractivity contribution in [3.05, 3.63) is 42.1 Å². The quantitative estimate of drug-likeness (QED) is 0.867. The molecule has 0 aliphatic heterocycles. The molecule has 5 heteroatoms. The molecule has 106 valence electrons. The first-order valence-electron chi connectivity index (χ1n) is 6.41. The Hall–Kier alpha value is -2.30. The normalized spacial score (nSPS) is 11.3. The molecule has 0 aliphatic rings. The lowest BCUT2D eigenvalue weighted by atomic mass is 9.86. The largest absolute Gasteiger partial charge is 0.469 e. The highest BCUT2D eigenvalue weighted by Crippen LogP contribution is 2.24. The zero-order chi connectivity index (χ0) is 14.8. The van der Waals surface area contributed by atoms with Gasteiger partial charge in [-0.15, -0.1) is 0 Å². The van der Waals surface area contributed by atoms with Gasteiger partial charge in [-0.3, -0.25) is 4.79 Å². The highest BCUT2D eigenvalue weighted by atomic mass is 16.5. The fraction of sp³-hybridized carbons (Fsp3) is 0.333. The molecule has 2 rings (SSSR count). The minimum atomic E-state index is -0.559. The van der Waals surface area contributed by atoms with E-state index >= 15 is 0 Å². The van der Waals surface area contributed by atoms with Gasteiger partial charge in [0.1, 0.15) is 5.82 Å². The van der Waals surface area contributed by atoms with E-state index in [1.165, 1.54) is 7.11 Å². The number of nitrogen functional groups attached to an aromatic ring is 1. The summed E-state index contributed by atoms with van der Waals surface area (Å²) in [7, 11) is 1.41. The number of rotatable bonds is 4. The van der Waals surface area contributed by atoms with Gasteiger partial charge in [-0.2, -0.15) is 5.10 Å². The van der Waals surface area contributed by atoms with Crippen LogP contribution in [0.25, 0.3) is 5.69 Å². The molecule has 0 amide bonds. The molecule has 0 aliphatic carbocycles. The second-order valence-electron chi connectivity index (χ2n) is 5.41. The van der Waals surface area contributed by atoms with Crippen molar-refractivity contribution in [1.82, 2.24) is 9.78 Å². The first-order chi connectivity index (χ1) is 9.42. The molecule has 1 aromatic carbocycles. The van der Waals surface area contributed by atoms with Crippen molar-refractivity contribution >= 4 is 11.8 Å². The molecule has 0 bridgehead atoms. The Kier molecular flexibility index (Phi) is 3.79. The molecule has 0 radical (unpaired) electrons. The van der Waals surface area contributed by atoms with Gasteiger partial charge in [0.05, 0.1) is 18.2 Å². The smallest absolute Gasteiger partial charge is 0.311 e. The minimum Gasteiger partial charge on any atom is -0.469 e. The third-order valence-corrected chi connectivity index (χ3v) is 3.17. The number of aromatic nitrogens is 2. The first-order valence-corrected chi connectivity index (χ1v) is 6.41. The highest BCUT2D eigenvalue weighted by Gasteiger charge is 2.28. The van der Waals surface area contributed by atoms with Gasteiger partial charge >= 0.3 is 5.97 Å². The van der Waals surface area contributed by atoms with Gasteiger partial charge in [0.15, 0.2) is 0 Å². The summed E-state index contributed by atoms with van der Waals surface area (Å²) < 4.78 is 6.54. The summed E-state index contributed by atoms with van der Waals surface area (Å²) in [6.07, 6.45) is 2.41. The molecular weight excluding hydrogens is 254 g/mol. The summed E-state index contributed by atoms with van der Waals surface area (Å²) in [5.41, 5.74) is 7.03. The number of benzene rings is 1. The van der Waals surface area contributed by atoms with Crippen molar-refractivity contribution in [1.29, 1.82) is 0 Å². The lowest BCUT2D eigenvalue weighted by Gasteiger charge is -2.21. The lowest BCUT2D eigenvalue weighted by molar-refractivity contribution is -0.150. The van der Waals surface area contributed by atoms with E-state index in [1.54, 1.807) is 16.9 Å². The Balaban J connectivity index is 2.24. The summed E-state index contributed by atoms with van der Waals surface area (Å²) in [4.78, 5) is 11.7. The molecule has 0 atom stereocenters. The molecule has 1 aromatic heterocycles. The van der Waals surface area contributed by atoms with E-state index < -0.39 is 5.41 Å². The zero-order valence-electron chi connectivity index (χ0n) is 12.0. The standard InChI is InChI=1S/C15H19N3O2/c1-15(2,14(19)20-3)10-11-5-4-6-12(9-11)18-8-7-13(16)17-18/h4-9H,10H2,1-3H3,(H2,16,17). The SMILES string of the molecule is COC(=O)C(C)(C)Cc1cccc(-n2ccc(N)n2)c1. The topological polar surface area (TPSA) is 70.1 Å². The molecule has 1 heterocycles.